The van der Waals surface area contributed by atoms with Gasteiger partial charge in [-0.2, -0.15) is 0 Å². The van der Waals surface area contributed by atoms with E-state index in [0.29, 0.717) is 0 Å². The lowest BCUT2D eigenvalue weighted by Gasteiger charge is -2.22. The predicted octanol–water partition coefficient (Wildman–Crippen LogP) is 13.8. The smallest absolute Gasteiger partial charge is 0.0349 e. The molecule has 0 N–H and O–H groups in total. The second-order valence-electron chi connectivity index (χ2n) is 12.7. The Labute approximate surface area is 280 Å². The zero-order chi connectivity index (χ0) is 31.2. The van der Waals surface area contributed by atoms with Crippen molar-refractivity contribution < 1.29 is 0 Å². The van der Waals surface area contributed by atoms with Crippen molar-refractivity contribution in [2.24, 2.45) is 0 Å². The van der Waals surface area contributed by atoms with E-state index in [0.717, 1.165) is 12.8 Å². The Morgan fingerprint density at radius 3 is 1.87 bits per heavy atom. The van der Waals surface area contributed by atoms with E-state index >= 15 is 0 Å². The summed E-state index contributed by atoms with van der Waals surface area (Å²) < 4.78 is 0. The third kappa shape index (κ3) is 5.08. The molecule has 0 saturated carbocycles. The SMILES string of the molecule is C1=C(c2c3ccccc3c(-c3ccc4ccccc4c3)c3ccc(-c4cccc(-c5ccc(-c6ccccc6)s5)c4)cc23)CCCC1. The lowest BCUT2D eigenvalue weighted by molar-refractivity contribution is 0.743. The Morgan fingerprint density at radius 2 is 1.04 bits per heavy atom. The van der Waals surface area contributed by atoms with Crippen LogP contribution in [0.15, 0.2) is 158 Å². The third-order valence-corrected chi connectivity index (χ3v) is 11.0. The number of benzene rings is 7. The number of allylic oxidation sites excluding steroid dienone is 2. The molecule has 1 aliphatic carbocycles. The van der Waals surface area contributed by atoms with Gasteiger partial charge in [-0.15, -0.1) is 11.3 Å². The van der Waals surface area contributed by atoms with Gasteiger partial charge in [-0.1, -0.05) is 127 Å². The molecule has 0 amide bonds. The highest BCUT2D eigenvalue weighted by atomic mass is 32.1. The minimum Gasteiger partial charge on any atom is -0.135 e. The summed E-state index contributed by atoms with van der Waals surface area (Å²) in [6.07, 6.45) is 7.33. The molecular weight excluding hydrogens is 585 g/mol. The summed E-state index contributed by atoms with van der Waals surface area (Å²) in [6, 6.07) is 56.2. The van der Waals surface area contributed by atoms with Gasteiger partial charge in [0.05, 0.1) is 0 Å². The predicted molar refractivity (Wildman–Crippen MR) is 205 cm³/mol. The van der Waals surface area contributed by atoms with Gasteiger partial charge in [-0.25, -0.2) is 0 Å². The van der Waals surface area contributed by atoms with Gasteiger partial charge in [0.15, 0.2) is 0 Å². The van der Waals surface area contributed by atoms with Crippen LogP contribution in [0.25, 0.3) is 81.0 Å². The van der Waals surface area contributed by atoms with Crippen molar-refractivity contribution in [2.45, 2.75) is 25.7 Å². The molecule has 1 heterocycles. The first-order chi connectivity index (χ1) is 23.3. The molecule has 224 valence electrons. The molecular formula is C46H34S. The van der Waals surface area contributed by atoms with Crippen LogP contribution >= 0.6 is 11.3 Å². The largest absolute Gasteiger partial charge is 0.135 e. The van der Waals surface area contributed by atoms with Gasteiger partial charge in [0.25, 0.3) is 0 Å². The van der Waals surface area contributed by atoms with Crippen LogP contribution in [0.5, 0.6) is 0 Å². The molecule has 9 rings (SSSR count). The summed E-state index contributed by atoms with van der Waals surface area (Å²) >= 11 is 1.86. The van der Waals surface area contributed by atoms with Gasteiger partial charge in [0.1, 0.15) is 0 Å². The molecule has 0 unspecified atom stereocenters. The highest BCUT2D eigenvalue weighted by Gasteiger charge is 2.20. The molecule has 1 aromatic heterocycles. The molecule has 0 atom stereocenters. The molecule has 0 nitrogen and oxygen atoms in total. The Bertz CT molecular complexity index is 2460. The van der Waals surface area contributed by atoms with Crippen LogP contribution in [0.1, 0.15) is 31.2 Å². The second kappa shape index (κ2) is 11.8. The maximum Gasteiger partial charge on any atom is 0.0349 e. The second-order valence-corrected chi connectivity index (χ2v) is 13.8. The maximum atomic E-state index is 2.51. The van der Waals surface area contributed by atoms with Gasteiger partial charge in [0, 0.05) is 9.75 Å². The van der Waals surface area contributed by atoms with Crippen molar-refractivity contribution in [3.63, 3.8) is 0 Å². The maximum absolute atomic E-state index is 2.51. The molecule has 0 radical (unpaired) electrons. The van der Waals surface area contributed by atoms with E-state index < -0.39 is 0 Å². The lowest BCUT2D eigenvalue weighted by Crippen LogP contribution is -1.97. The molecule has 8 aromatic rings. The normalized spacial score (nSPS) is 13.3. The molecule has 0 aliphatic heterocycles. The fourth-order valence-electron chi connectivity index (χ4n) is 7.53. The van der Waals surface area contributed by atoms with Gasteiger partial charge < -0.3 is 0 Å². The zero-order valence-electron chi connectivity index (χ0n) is 26.2. The molecule has 0 fully saturated rings. The summed E-state index contributed by atoms with van der Waals surface area (Å²) in [5.41, 5.74) is 10.6. The van der Waals surface area contributed by atoms with Gasteiger partial charge in [-0.05, 0) is 133 Å². The van der Waals surface area contributed by atoms with E-state index in [2.05, 4.69) is 158 Å². The minimum absolute atomic E-state index is 1.14. The van der Waals surface area contributed by atoms with Crippen molar-refractivity contribution in [1.29, 1.82) is 0 Å². The number of rotatable bonds is 5. The topological polar surface area (TPSA) is 0 Å². The van der Waals surface area contributed by atoms with E-state index in [1.807, 2.05) is 11.3 Å². The average Bonchev–Trinajstić information content (AvgIpc) is 3.65. The van der Waals surface area contributed by atoms with Crippen LogP contribution in [0, 0.1) is 0 Å². The monoisotopic (exact) mass is 618 g/mol. The Morgan fingerprint density at radius 1 is 0.383 bits per heavy atom. The van der Waals surface area contributed by atoms with Crippen molar-refractivity contribution in [3.05, 3.63) is 163 Å². The van der Waals surface area contributed by atoms with Crippen molar-refractivity contribution in [3.8, 4) is 43.1 Å². The quantitative estimate of drug-likeness (QED) is 0.168. The van der Waals surface area contributed by atoms with E-state index in [9.17, 15) is 0 Å². The number of hydrogen-bond donors (Lipinski definition) is 0. The number of hydrogen-bond acceptors (Lipinski definition) is 1. The Balaban J connectivity index is 1.25. The first-order valence-corrected chi connectivity index (χ1v) is 17.5. The molecule has 0 saturated heterocycles. The van der Waals surface area contributed by atoms with Crippen molar-refractivity contribution in [1.82, 2.24) is 0 Å². The minimum atomic E-state index is 1.14. The lowest BCUT2D eigenvalue weighted by atomic mass is 9.82. The number of fused-ring (bicyclic) bond motifs is 3. The summed E-state index contributed by atoms with van der Waals surface area (Å²) in [6.45, 7) is 0. The molecule has 7 aromatic carbocycles. The van der Waals surface area contributed by atoms with Crippen LogP contribution in [-0.4, -0.2) is 0 Å². The first kappa shape index (κ1) is 28.0. The number of thiophene rings is 1. The zero-order valence-corrected chi connectivity index (χ0v) is 27.1. The standard InChI is InChI=1S/C46H34S/c1-3-13-32(14-4-1)43-26-27-44(47-43)37-19-11-18-35(28-37)36-24-25-41-42(30-36)45(33-15-5-2-6-16-33)39-20-9-10-21-40(39)46(41)38-23-22-31-12-7-8-17-34(31)29-38/h1,3-4,7-15,17-30H,2,5-6,16H2. The summed E-state index contributed by atoms with van der Waals surface area (Å²) in [4.78, 5) is 2.60. The van der Waals surface area contributed by atoms with Crippen LogP contribution < -0.4 is 0 Å². The van der Waals surface area contributed by atoms with Crippen LogP contribution in [0.4, 0.5) is 0 Å². The third-order valence-electron chi connectivity index (χ3n) is 9.82. The van der Waals surface area contributed by atoms with E-state index in [-0.39, 0.29) is 0 Å². The molecule has 47 heavy (non-hydrogen) atoms. The summed E-state index contributed by atoms with van der Waals surface area (Å²) in [5.74, 6) is 0. The first-order valence-electron chi connectivity index (χ1n) is 16.7. The molecule has 0 spiro atoms. The molecule has 1 heteroatoms. The van der Waals surface area contributed by atoms with Gasteiger partial charge in [0.2, 0.25) is 0 Å². The van der Waals surface area contributed by atoms with E-state index in [1.54, 1.807) is 0 Å². The average molecular weight is 619 g/mol. The summed E-state index contributed by atoms with van der Waals surface area (Å²) in [7, 11) is 0. The van der Waals surface area contributed by atoms with Crippen molar-refractivity contribution in [2.75, 3.05) is 0 Å². The highest BCUT2D eigenvalue weighted by molar-refractivity contribution is 7.18. The van der Waals surface area contributed by atoms with Gasteiger partial charge >= 0.3 is 0 Å². The van der Waals surface area contributed by atoms with E-state index in [4.69, 9.17) is 0 Å². The highest BCUT2D eigenvalue weighted by Crippen LogP contribution is 2.45. The van der Waals surface area contributed by atoms with Crippen LogP contribution in [0.3, 0.4) is 0 Å². The molecule has 1 aliphatic rings. The summed E-state index contributed by atoms with van der Waals surface area (Å²) in [5, 5.41) is 7.92. The van der Waals surface area contributed by atoms with Crippen molar-refractivity contribution >= 4 is 49.2 Å². The Hall–Kier alpha value is -5.24. The van der Waals surface area contributed by atoms with E-state index in [1.165, 1.54) is 99.4 Å². The van der Waals surface area contributed by atoms with Gasteiger partial charge in [-0.3, -0.25) is 0 Å². The Kier molecular flexibility index (Phi) is 7.06. The fourth-order valence-corrected chi connectivity index (χ4v) is 8.54. The fraction of sp³-hybridized carbons (Fsp3) is 0.0870. The van der Waals surface area contributed by atoms with Crippen LogP contribution in [0.2, 0.25) is 0 Å². The molecule has 0 bridgehead atoms. The van der Waals surface area contributed by atoms with Crippen LogP contribution in [-0.2, 0) is 0 Å².